The molecule has 1 N–H and O–H groups in total. The average Bonchev–Trinajstić information content (AvgIpc) is 2.83. The van der Waals surface area contributed by atoms with E-state index < -0.39 is 5.91 Å². The Hall–Kier alpha value is -3.82. The first-order chi connectivity index (χ1) is 16.0. The van der Waals surface area contributed by atoms with E-state index in [1.165, 1.54) is 6.08 Å². The quantitative estimate of drug-likeness (QED) is 0.222. The predicted molar refractivity (Wildman–Crippen MR) is 134 cm³/mol. The lowest BCUT2D eigenvalue weighted by Gasteiger charge is -2.10. The molecule has 0 bridgehead atoms. The summed E-state index contributed by atoms with van der Waals surface area (Å²) in [4.78, 5) is 12.5. The Morgan fingerprint density at radius 1 is 1.06 bits per heavy atom. The zero-order chi connectivity index (χ0) is 23.6. The molecule has 164 valence electrons. The van der Waals surface area contributed by atoms with Crippen molar-refractivity contribution in [3.8, 4) is 23.6 Å². The molecular formula is C26H20IN3O3. The first-order valence-corrected chi connectivity index (χ1v) is 11.2. The summed E-state index contributed by atoms with van der Waals surface area (Å²) in [7, 11) is 0. The molecule has 3 aromatic carbocycles. The standard InChI is InChI=1S/C26H20IN3O3/c1-2-32-23-10-8-22(9-11-23)30-26(31)21(16-29)13-18-7-12-25(24(27)14-18)33-17-20-6-4-3-5-19(20)15-28/h3-14H,2,17H2,1H3,(H,30,31)/b21-13-. The Labute approximate surface area is 206 Å². The summed E-state index contributed by atoms with van der Waals surface area (Å²) < 4.78 is 12.1. The molecule has 0 aromatic heterocycles. The van der Waals surface area contributed by atoms with Gasteiger partial charge in [0.15, 0.2) is 0 Å². The fourth-order valence-electron chi connectivity index (χ4n) is 2.95. The van der Waals surface area contributed by atoms with E-state index in [-0.39, 0.29) is 12.2 Å². The van der Waals surface area contributed by atoms with E-state index >= 15 is 0 Å². The second-order valence-corrected chi connectivity index (χ2v) is 7.99. The third kappa shape index (κ3) is 6.58. The Kier molecular flexibility index (Phi) is 8.45. The number of nitrogens with one attached hydrogen (secondary N) is 1. The van der Waals surface area contributed by atoms with E-state index in [1.807, 2.05) is 37.3 Å². The zero-order valence-electron chi connectivity index (χ0n) is 17.8. The summed E-state index contributed by atoms with van der Waals surface area (Å²) in [5.74, 6) is 0.863. The first-order valence-electron chi connectivity index (χ1n) is 10.1. The van der Waals surface area contributed by atoms with Crippen LogP contribution in [-0.4, -0.2) is 12.5 Å². The number of carbonyl (C=O) groups is 1. The van der Waals surface area contributed by atoms with Gasteiger partial charge in [0.1, 0.15) is 29.7 Å². The summed E-state index contributed by atoms with van der Waals surface area (Å²) in [6.45, 7) is 2.72. The molecule has 0 fully saturated rings. The predicted octanol–water partition coefficient (Wildman–Crippen LogP) is 5.69. The Balaban J connectivity index is 1.69. The molecule has 0 aliphatic rings. The van der Waals surface area contributed by atoms with Gasteiger partial charge in [-0.25, -0.2) is 0 Å². The monoisotopic (exact) mass is 549 g/mol. The van der Waals surface area contributed by atoms with E-state index in [1.54, 1.807) is 42.5 Å². The van der Waals surface area contributed by atoms with Gasteiger partial charge in [-0.3, -0.25) is 4.79 Å². The second kappa shape index (κ2) is 11.7. The lowest BCUT2D eigenvalue weighted by Crippen LogP contribution is -2.13. The van der Waals surface area contributed by atoms with Crippen molar-refractivity contribution in [2.75, 3.05) is 11.9 Å². The molecule has 3 aromatic rings. The van der Waals surface area contributed by atoms with Gasteiger partial charge in [-0.05, 0) is 83.6 Å². The van der Waals surface area contributed by atoms with E-state index in [0.29, 0.717) is 34.9 Å². The molecule has 0 atom stereocenters. The van der Waals surface area contributed by atoms with Crippen LogP contribution in [0.25, 0.3) is 6.08 Å². The normalized spacial score (nSPS) is 10.6. The summed E-state index contributed by atoms with van der Waals surface area (Å²) in [5, 5.41) is 21.4. The molecule has 0 radical (unpaired) electrons. The van der Waals surface area contributed by atoms with Crippen molar-refractivity contribution in [3.63, 3.8) is 0 Å². The van der Waals surface area contributed by atoms with Gasteiger partial charge < -0.3 is 14.8 Å². The fourth-order valence-corrected chi connectivity index (χ4v) is 3.64. The molecule has 33 heavy (non-hydrogen) atoms. The molecule has 6 nitrogen and oxygen atoms in total. The van der Waals surface area contributed by atoms with Crippen molar-refractivity contribution >= 4 is 40.3 Å². The van der Waals surface area contributed by atoms with Gasteiger partial charge in [-0.2, -0.15) is 10.5 Å². The van der Waals surface area contributed by atoms with E-state index in [4.69, 9.17) is 9.47 Å². The Morgan fingerprint density at radius 2 is 1.82 bits per heavy atom. The number of nitrogens with zero attached hydrogens (tertiary/aromatic N) is 2. The third-order valence-corrected chi connectivity index (χ3v) is 5.42. The number of halogens is 1. The van der Waals surface area contributed by atoms with Crippen LogP contribution >= 0.6 is 22.6 Å². The van der Waals surface area contributed by atoms with E-state index in [0.717, 1.165) is 9.13 Å². The van der Waals surface area contributed by atoms with Gasteiger partial charge in [0.05, 0.1) is 21.8 Å². The maximum Gasteiger partial charge on any atom is 0.266 e. The Morgan fingerprint density at radius 3 is 2.48 bits per heavy atom. The highest BCUT2D eigenvalue weighted by Crippen LogP contribution is 2.25. The van der Waals surface area contributed by atoms with Crippen LogP contribution in [0.5, 0.6) is 11.5 Å². The lowest BCUT2D eigenvalue weighted by molar-refractivity contribution is -0.112. The van der Waals surface area contributed by atoms with Gasteiger partial charge in [0.2, 0.25) is 0 Å². The van der Waals surface area contributed by atoms with Crippen molar-refractivity contribution in [3.05, 3.63) is 92.6 Å². The number of amides is 1. The topological polar surface area (TPSA) is 95.1 Å². The van der Waals surface area contributed by atoms with Crippen LogP contribution in [0.15, 0.2) is 72.3 Å². The number of rotatable bonds is 8. The minimum Gasteiger partial charge on any atom is -0.494 e. The van der Waals surface area contributed by atoms with Crippen LogP contribution in [0.2, 0.25) is 0 Å². The molecule has 0 aliphatic heterocycles. The number of nitriles is 2. The molecule has 0 saturated heterocycles. The van der Waals surface area contributed by atoms with Crippen LogP contribution in [0.3, 0.4) is 0 Å². The minimum atomic E-state index is -0.495. The van der Waals surface area contributed by atoms with Gasteiger partial charge in [0, 0.05) is 11.3 Å². The van der Waals surface area contributed by atoms with Crippen molar-refractivity contribution in [2.45, 2.75) is 13.5 Å². The summed E-state index contributed by atoms with van der Waals surface area (Å²) in [6, 6.07) is 23.7. The average molecular weight is 549 g/mol. The van der Waals surface area contributed by atoms with Crippen LogP contribution in [0, 0.1) is 26.2 Å². The zero-order valence-corrected chi connectivity index (χ0v) is 20.0. The van der Waals surface area contributed by atoms with Gasteiger partial charge in [-0.1, -0.05) is 24.3 Å². The number of ether oxygens (including phenoxy) is 2. The van der Waals surface area contributed by atoms with Gasteiger partial charge in [0.25, 0.3) is 5.91 Å². The number of hydrogen-bond donors (Lipinski definition) is 1. The van der Waals surface area contributed by atoms with Crippen LogP contribution in [0.1, 0.15) is 23.6 Å². The maximum absolute atomic E-state index is 12.5. The SMILES string of the molecule is CCOc1ccc(NC(=O)/C(C#N)=C\c2ccc(OCc3ccccc3C#N)c(I)c2)cc1. The summed E-state index contributed by atoms with van der Waals surface area (Å²) in [6.07, 6.45) is 1.53. The molecular weight excluding hydrogens is 529 g/mol. The minimum absolute atomic E-state index is 0.0173. The highest BCUT2D eigenvalue weighted by Gasteiger charge is 2.11. The summed E-state index contributed by atoms with van der Waals surface area (Å²) >= 11 is 2.14. The molecule has 0 saturated carbocycles. The smallest absolute Gasteiger partial charge is 0.266 e. The Bertz CT molecular complexity index is 1260. The maximum atomic E-state index is 12.5. The van der Waals surface area contributed by atoms with Crippen molar-refractivity contribution in [1.82, 2.24) is 0 Å². The molecule has 3 rings (SSSR count). The molecule has 1 amide bonds. The molecule has 0 spiro atoms. The lowest BCUT2D eigenvalue weighted by atomic mass is 10.1. The van der Waals surface area contributed by atoms with Crippen LogP contribution in [-0.2, 0) is 11.4 Å². The van der Waals surface area contributed by atoms with Crippen molar-refractivity contribution < 1.29 is 14.3 Å². The van der Waals surface area contributed by atoms with Crippen LogP contribution < -0.4 is 14.8 Å². The third-order valence-electron chi connectivity index (χ3n) is 4.58. The van der Waals surface area contributed by atoms with Crippen molar-refractivity contribution in [2.24, 2.45) is 0 Å². The van der Waals surface area contributed by atoms with Gasteiger partial charge >= 0.3 is 0 Å². The second-order valence-electron chi connectivity index (χ2n) is 6.83. The molecule has 0 heterocycles. The highest BCUT2D eigenvalue weighted by atomic mass is 127. The highest BCUT2D eigenvalue weighted by molar-refractivity contribution is 14.1. The number of carbonyl (C=O) groups excluding carboxylic acids is 1. The number of hydrogen-bond acceptors (Lipinski definition) is 5. The number of benzene rings is 3. The number of anilines is 1. The van der Waals surface area contributed by atoms with Gasteiger partial charge in [-0.15, -0.1) is 0 Å². The molecule has 0 aliphatic carbocycles. The fraction of sp³-hybridized carbons (Fsp3) is 0.115. The van der Waals surface area contributed by atoms with E-state index in [9.17, 15) is 15.3 Å². The van der Waals surface area contributed by atoms with Crippen LogP contribution in [0.4, 0.5) is 5.69 Å². The molecule has 0 unspecified atom stereocenters. The first kappa shape index (κ1) is 23.8. The van der Waals surface area contributed by atoms with E-state index in [2.05, 4.69) is 34.0 Å². The largest absolute Gasteiger partial charge is 0.494 e. The van der Waals surface area contributed by atoms with Crippen molar-refractivity contribution in [1.29, 1.82) is 10.5 Å². The summed E-state index contributed by atoms with van der Waals surface area (Å²) in [5.41, 5.74) is 2.63. The molecule has 7 heteroatoms.